The standard InChI is InChI=1S/C33H27N3O4/c1-21-28-25(35-36-32(37)29(22-11-4-2-5-12-22)23-13-6-3-7-14-23)17-9-18-26(28)39-31(21)33(38)40-27-19-8-15-24-16-10-20-34-30(24)27/h2-8,10-16,19-20,29H,9,17-18H2,1H3,(H,36,37)/b35-25+. The van der Waals surface area contributed by atoms with E-state index in [1.54, 1.807) is 12.3 Å². The number of amides is 1. The van der Waals surface area contributed by atoms with Crippen molar-refractivity contribution in [2.45, 2.75) is 32.1 Å². The second-order valence-electron chi connectivity index (χ2n) is 9.72. The first-order valence-corrected chi connectivity index (χ1v) is 13.2. The normalized spacial score (nSPS) is 13.8. The van der Waals surface area contributed by atoms with Crippen LogP contribution < -0.4 is 10.2 Å². The third-order valence-corrected chi connectivity index (χ3v) is 7.14. The molecule has 0 spiro atoms. The Labute approximate surface area is 231 Å². The molecule has 1 amide bonds. The number of nitrogens with one attached hydrogen (secondary N) is 1. The van der Waals surface area contributed by atoms with Crippen molar-refractivity contribution >= 4 is 28.5 Å². The van der Waals surface area contributed by atoms with Gasteiger partial charge in [-0.1, -0.05) is 78.9 Å². The molecular formula is C33H27N3O4. The number of ether oxygens (including phenoxy) is 1. The van der Waals surface area contributed by atoms with Crippen molar-refractivity contribution in [1.29, 1.82) is 0 Å². The van der Waals surface area contributed by atoms with Crippen molar-refractivity contribution in [3.63, 3.8) is 0 Å². The van der Waals surface area contributed by atoms with Gasteiger partial charge in [-0.2, -0.15) is 5.10 Å². The van der Waals surface area contributed by atoms with Crippen LogP contribution in [0.5, 0.6) is 5.75 Å². The van der Waals surface area contributed by atoms with Crippen LogP contribution in [-0.4, -0.2) is 22.6 Å². The topological polar surface area (TPSA) is 93.8 Å². The zero-order valence-corrected chi connectivity index (χ0v) is 22.0. The molecule has 7 heteroatoms. The number of para-hydroxylation sites is 1. The Kier molecular flexibility index (Phi) is 6.93. The molecule has 0 atom stereocenters. The molecule has 2 heterocycles. The maximum Gasteiger partial charge on any atom is 0.380 e. The molecule has 3 aromatic carbocycles. The Morgan fingerprint density at radius 2 is 1.60 bits per heavy atom. The Bertz CT molecular complexity index is 1680. The first-order chi connectivity index (χ1) is 19.6. The highest BCUT2D eigenvalue weighted by atomic mass is 16.5. The van der Waals surface area contributed by atoms with E-state index in [9.17, 15) is 9.59 Å². The number of hydrazone groups is 1. The molecule has 0 aliphatic heterocycles. The fraction of sp³-hybridized carbons (Fsp3) is 0.152. The third-order valence-electron chi connectivity index (χ3n) is 7.14. The number of furan rings is 1. The van der Waals surface area contributed by atoms with Gasteiger partial charge >= 0.3 is 5.97 Å². The Morgan fingerprint density at radius 1 is 0.900 bits per heavy atom. The predicted octanol–water partition coefficient (Wildman–Crippen LogP) is 6.34. The lowest BCUT2D eigenvalue weighted by Gasteiger charge is -2.18. The summed E-state index contributed by atoms with van der Waals surface area (Å²) in [6.07, 6.45) is 3.77. The largest absolute Gasteiger partial charge is 0.453 e. The average molecular weight is 530 g/mol. The van der Waals surface area contributed by atoms with Crippen molar-refractivity contribution in [3.05, 3.63) is 131 Å². The highest BCUT2D eigenvalue weighted by Gasteiger charge is 2.30. The third kappa shape index (κ3) is 4.89. The molecular weight excluding hydrogens is 502 g/mol. The summed E-state index contributed by atoms with van der Waals surface area (Å²) in [4.78, 5) is 31.1. The summed E-state index contributed by atoms with van der Waals surface area (Å²) < 4.78 is 11.7. The number of aromatic nitrogens is 1. The number of hydrogen-bond acceptors (Lipinski definition) is 6. The van der Waals surface area contributed by atoms with Crippen LogP contribution in [0.15, 0.2) is 107 Å². The lowest BCUT2D eigenvalue weighted by molar-refractivity contribution is -0.121. The van der Waals surface area contributed by atoms with Crippen LogP contribution in [0.3, 0.4) is 0 Å². The molecule has 0 bridgehead atoms. The maximum absolute atomic E-state index is 13.5. The fourth-order valence-corrected chi connectivity index (χ4v) is 5.25. The van der Waals surface area contributed by atoms with Gasteiger partial charge in [0.05, 0.1) is 11.6 Å². The number of hydrogen-bond donors (Lipinski definition) is 1. The molecule has 1 N–H and O–H groups in total. The zero-order valence-electron chi connectivity index (χ0n) is 22.0. The molecule has 5 aromatic rings. The number of pyridine rings is 1. The SMILES string of the molecule is Cc1c(C(=O)Oc2cccc3cccnc23)oc2c1/C(=N/NC(=O)C(c1ccccc1)c1ccccc1)CCC2. The van der Waals surface area contributed by atoms with Crippen LogP contribution in [0.1, 0.15) is 57.3 Å². The van der Waals surface area contributed by atoms with Crippen LogP contribution in [0.25, 0.3) is 10.9 Å². The van der Waals surface area contributed by atoms with E-state index in [2.05, 4.69) is 15.5 Å². The Balaban J connectivity index is 1.27. The molecule has 0 saturated carbocycles. The molecule has 40 heavy (non-hydrogen) atoms. The van der Waals surface area contributed by atoms with Gasteiger partial charge in [-0.25, -0.2) is 10.2 Å². The quantitative estimate of drug-likeness (QED) is 0.157. The average Bonchev–Trinajstić information content (AvgIpc) is 3.34. The molecule has 6 rings (SSSR count). The van der Waals surface area contributed by atoms with Gasteiger partial charge in [-0.05, 0) is 43.0 Å². The fourth-order valence-electron chi connectivity index (χ4n) is 5.25. The van der Waals surface area contributed by atoms with Crippen LogP contribution in [0.2, 0.25) is 0 Å². The lowest BCUT2D eigenvalue weighted by Crippen LogP contribution is -2.28. The molecule has 198 valence electrons. The number of carbonyl (C=O) groups excluding carboxylic acids is 2. The summed E-state index contributed by atoms with van der Waals surface area (Å²) >= 11 is 0. The van der Waals surface area contributed by atoms with Crippen molar-refractivity contribution in [3.8, 4) is 5.75 Å². The van der Waals surface area contributed by atoms with Crippen molar-refractivity contribution in [2.24, 2.45) is 5.10 Å². The zero-order chi connectivity index (χ0) is 27.5. The van der Waals surface area contributed by atoms with Gasteiger partial charge in [0, 0.05) is 29.1 Å². The molecule has 7 nitrogen and oxygen atoms in total. The van der Waals surface area contributed by atoms with Gasteiger partial charge in [0.15, 0.2) is 5.75 Å². The van der Waals surface area contributed by atoms with Gasteiger partial charge in [-0.3, -0.25) is 9.78 Å². The highest BCUT2D eigenvalue weighted by Crippen LogP contribution is 2.32. The molecule has 0 saturated heterocycles. The van der Waals surface area contributed by atoms with E-state index < -0.39 is 11.9 Å². The van der Waals surface area contributed by atoms with E-state index in [0.29, 0.717) is 41.1 Å². The monoisotopic (exact) mass is 529 g/mol. The van der Waals surface area contributed by atoms with Crippen molar-refractivity contribution in [2.75, 3.05) is 0 Å². The van der Waals surface area contributed by atoms with Gasteiger partial charge in [0.25, 0.3) is 5.91 Å². The van der Waals surface area contributed by atoms with Crippen molar-refractivity contribution < 1.29 is 18.7 Å². The summed E-state index contributed by atoms with van der Waals surface area (Å²) in [5.74, 6) is -0.179. The van der Waals surface area contributed by atoms with Crippen LogP contribution in [-0.2, 0) is 11.2 Å². The van der Waals surface area contributed by atoms with Crippen LogP contribution >= 0.6 is 0 Å². The Hall–Kier alpha value is -5.04. The van der Waals surface area contributed by atoms with E-state index >= 15 is 0 Å². The van der Waals surface area contributed by atoms with E-state index in [0.717, 1.165) is 28.5 Å². The van der Waals surface area contributed by atoms with Gasteiger partial charge in [0.2, 0.25) is 5.76 Å². The number of aryl methyl sites for hydroxylation is 1. The highest BCUT2D eigenvalue weighted by molar-refractivity contribution is 6.06. The predicted molar refractivity (Wildman–Crippen MR) is 152 cm³/mol. The van der Waals surface area contributed by atoms with Crippen LogP contribution in [0, 0.1) is 6.92 Å². The van der Waals surface area contributed by atoms with E-state index in [-0.39, 0.29) is 11.7 Å². The molecule has 0 radical (unpaired) electrons. The molecule has 0 fully saturated rings. The van der Waals surface area contributed by atoms with Gasteiger partial charge in [-0.15, -0.1) is 0 Å². The smallest absolute Gasteiger partial charge is 0.380 e. The number of fused-ring (bicyclic) bond motifs is 2. The van der Waals surface area contributed by atoms with Crippen LogP contribution in [0.4, 0.5) is 0 Å². The van der Waals surface area contributed by atoms with E-state index in [1.165, 1.54) is 0 Å². The second kappa shape index (κ2) is 11.0. The summed E-state index contributed by atoms with van der Waals surface area (Å²) in [5.41, 5.74) is 7.23. The number of nitrogens with zero attached hydrogens (tertiary/aromatic N) is 2. The summed E-state index contributed by atoms with van der Waals surface area (Å²) in [6.45, 7) is 1.82. The minimum absolute atomic E-state index is 0.130. The van der Waals surface area contributed by atoms with Gasteiger partial charge < -0.3 is 9.15 Å². The minimum Gasteiger partial charge on any atom is -0.453 e. The molecule has 2 aromatic heterocycles. The first kappa shape index (κ1) is 25.2. The summed E-state index contributed by atoms with van der Waals surface area (Å²) in [5, 5.41) is 5.42. The lowest BCUT2D eigenvalue weighted by atomic mass is 9.91. The summed E-state index contributed by atoms with van der Waals surface area (Å²) in [6, 6.07) is 28.5. The second-order valence-corrected chi connectivity index (χ2v) is 9.72. The summed E-state index contributed by atoms with van der Waals surface area (Å²) in [7, 11) is 0. The Morgan fingerprint density at radius 3 is 2.33 bits per heavy atom. The number of carbonyl (C=O) groups is 2. The van der Waals surface area contributed by atoms with E-state index in [4.69, 9.17) is 9.15 Å². The minimum atomic E-state index is -0.596. The molecule has 0 unspecified atom stereocenters. The number of esters is 1. The number of rotatable bonds is 6. The number of benzene rings is 3. The first-order valence-electron chi connectivity index (χ1n) is 13.2. The molecule has 1 aliphatic carbocycles. The van der Waals surface area contributed by atoms with E-state index in [1.807, 2.05) is 91.9 Å². The van der Waals surface area contributed by atoms with Crippen molar-refractivity contribution in [1.82, 2.24) is 10.4 Å². The maximum atomic E-state index is 13.5. The van der Waals surface area contributed by atoms with Gasteiger partial charge in [0.1, 0.15) is 11.3 Å². The molecule has 1 aliphatic rings.